The zero-order chi connectivity index (χ0) is 32.8. The van der Waals surface area contributed by atoms with Crippen molar-refractivity contribution in [2.75, 3.05) is 13.2 Å². The molecule has 5 atom stereocenters. The lowest BCUT2D eigenvalue weighted by atomic mass is 9.99. The Morgan fingerprint density at radius 1 is 0.886 bits per heavy atom. The van der Waals surface area contributed by atoms with Gasteiger partial charge in [-0.1, -0.05) is 64.1 Å². The Bertz CT molecular complexity index is 1190. The topological polar surface area (TPSA) is 192 Å². The number of nitrogens with one attached hydrogen (secondary N) is 5. The molecule has 0 aromatic heterocycles. The molecule has 5 amide bonds. The minimum Gasteiger partial charge on any atom is -0.463 e. The van der Waals surface area contributed by atoms with Gasteiger partial charge >= 0.3 is 5.97 Å². The minimum absolute atomic E-state index is 0.0755. The summed E-state index contributed by atoms with van der Waals surface area (Å²) in [7, 11) is 0. The zero-order valence-corrected chi connectivity index (χ0v) is 25.9. The summed E-state index contributed by atoms with van der Waals surface area (Å²) in [6, 6.07) is 3.23. The van der Waals surface area contributed by atoms with Crippen LogP contribution >= 0.6 is 0 Å². The van der Waals surface area contributed by atoms with Crippen LogP contribution in [0.1, 0.15) is 53.0 Å². The van der Waals surface area contributed by atoms with Gasteiger partial charge in [0, 0.05) is 18.5 Å². The van der Waals surface area contributed by atoms with E-state index in [2.05, 4.69) is 26.6 Å². The molecule has 6 N–H and O–H groups in total. The molecule has 13 heteroatoms. The van der Waals surface area contributed by atoms with Crippen LogP contribution in [0.5, 0.6) is 0 Å². The first kappa shape index (κ1) is 35.9. The fourth-order valence-corrected chi connectivity index (χ4v) is 4.59. The molecule has 1 saturated heterocycles. The molecule has 242 valence electrons. The minimum atomic E-state index is -1.46. The van der Waals surface area contributed by atoms with E-state index in [0.29, 0.717) is 6.42 Å². The molecule has 44 heavy (non-hydrogen) atoms. The van der Waals surface area contributed by atoms with Gasteiger partial charge in [-0.3, -0.25) is 24.0 Å². The van der Waals surface area contributed by atoms with Crippen LogP contribution in [-0.2, 0) is 39.9 Å². The second kappa shape index (κ2) is 17.8. The van der Waals surface area contributed by atoms with Crippen LogP contribution in [-0.4, -0.2) is 84.0 Å². The molecule has 1 aliphatic rings. The van der Waals surface area contributed by atoms with Gasteiger partial charge in [0.25, 0.3) is 0 Å². The second-order valence-electron chi connectivity index (χ2n) is 11.4. The predicted octanol–water partition coefficient (Wildman–Crippen LogP) is -0.129. The molecule has 0 spiro atoms. The first-order valence-electron chi connectivity index (χ1n) is 14.8. The number of carbonyl (C=O) groups is 6. The van der Waals surface area contributed by atoms with Gasteiger partial charge in [-0.2, -0.15) is 0 Å². The van der Waals surface area contributed by atoms with E-state index in [9.17, 15) is 33.9 Å². The number of rotatable bonds is 12. The molecule has 1 aliphatic heterocycles. The molecule has 1 heterocycles. The number of aliphatic hydroxyl groups is 1. The van der Waals surface area contributed by atoms with Crippen LogP contribution in [0.15, 0.2) is 42.5 Å². The van der Waals surface area contributed by atoms with Gasteiger partial charge in [0.15, 0.2) is 0 Å². The smallest absolute Gasteiger partial charge is 0.330 e. The van der Waals surface area contributed by atoms with E-state index in [1.165, 1.54) is 12.2 Å². The fourth-order valence-electron chi connectivity index (χ4n) is 4.59. The van der Waals surface area contributed by atoms with Crippen LogP contribution in [0.2, 0.25) is 0 Å². The lowest BCUT2D eigenvalue weighted by Crippen LogP contribution is -2.63. The van der Waals surface area contributed by atoms with Gasteiger partial charge in [-0.05, 0) is 30.7 Å². The molecule has 1 fully saturated rings. The van der Waals surface area contributed by atoms with E-state index in [1.807, 2.05) is 13.8 Å². The van der Waals surface area contributed by atoms with E-state index in [4.69, 9.17) is 4.74 Å². The highest BCUT2D eigenvalue weighted by molar-refractivity contribution is 5.99. The zero-order valence-electron chi connectivity index (χ0n) is 25.9. The third-order valence-corrected chi connectivity index (χ3v) is 6.82. The summed E-state index contributed by atoms with van der Waals surface area (Å²) >= 11 is 0. The summed E-state index contributed by atoms with van der Waals surface area (Å²) in [4.78, 5) is 78.2. The van der Waals surface area contributed by atoms with Crippen molar-refractivity contribution in [1.82, 2.24) is 26.6 Å². The number of hydrogen-bond donors (Lipinski definition) is 6. The Labute approximate surface area is 257 Å². The van der Waals surface area contributed by atoms with Crippen molar-refractivity contribution in [1.29, 1.82) is 0 Å². The van der Waals surface area contributed by atoms with Gasteiger partial charge in [0.1, 0.15) is 24.2 Å². The highest BCUT2D eigenvalue weighted by Gasteiger charge is 2.36. The third-order valence-electron chi connectivity index (χ3n) is 6.82. The van der Waals surface area contributed by atoms with E-state index < -0.39 is 78.7 Å². The summed E-state index contributed by atoms with van der Waals surface area (Å²) in [6.07, 6.45) is 2.73. The number of aliphatic hydroxyl groups excluding tert-OH is 1. The number of hydrogen-bond acceptors (Lipinski definition) is 8. The molecular weight excluding hydrogens is 570 g/mol. The van der Waals surface area contributed by atoms with Crippen LogP contribution in [0.4, 0.5) is 0 Å². The van der Waals surface area contributed by atoms with E-state index >= 15 is 0 Å². The van der Waals surface area contributed by atoms with E-state index in [-0.39, 0.29) is 24.9 Å². The number of esters is 1. The van der Waals surface area contributed by atoms with Crippen molar-refractivity contribution in [2.24, 2.45) is 11.8 Å². The summed E-state index contributed by atoms with van der Waals surface area (Å²) in [5.41, 5.74) is 0.731. The third kappa shape index (κ3) is 11.8. The molecular formula is C31H45N5O8. The number of ether oxygens (including phenoxy) is 1. The lowest BCUT2D eigenvalue weighted by molar-refractivity contribution is -0.138. The maximum Gasteiger partial charge on any atom is 0.330 e. The van der Waals surface area contributed by atoms with E-state index in [0.717, 1.165) is 5.56 Å². The number of carbonyl (C=O) groups excluding carboxylic acids is 6. The van der Waals surface area contributed by atoms with Crippen molar-refractivity contribution in [2.45, 2.75) is 84.1 Å². The SMILES string of the molecule is CCOC(=O)/C=C/[C@H](CC(C)C)NC(=O)C[C@@H]1NC(=O)[C@H](CO)NC(=O)[C@H](C(C)C)NC(=O)[C@H](Cc2ccccc2)NC1=O. The number of amides is 5. The first-order chi connectivity index (χ1) is 20.8. The van der Waals surface area contributed by atoms with Crippen LogP contribution < -0.4 is 26.6 Å². The molecule has 0 unspecified atom stereocenters. The molecule has 0 aliphatic carbocycles. The van der Waals surface area contributed by atoms with Gasteiger partial charge < -0.3 is 36.4 Å². The Hall–Kier alpha value is -4.26. The average Bonchev–Trinajstić information content (AvgIpc) is 2.96. The van der Waals surface area contributed by atoms with Gasteiger partial charge in [0.2, 0.25) is 29.5 Å². The molecule has 2 rings (SSSR count). The molecule has 13 nitrogen and oxygen atoms in total. The Morgan fingerprint density at radius 3 is 2.07 bits per heavy atom. The van der Waals surface area contributed by atoms with Crippen LogP contribution in [0.3, 0.4) is 0 Å². The summed E-state index contributed by atoms with van der Waals surface area (Å²) < 4.78 is 4.90. The largest absolute Gasteiger partial charge is 0.463 e. The lowest BCUT2D eigenvalue weighted by Gasteiger charge is -2.30. The quantitative estimate of drug-likeness (QED) is 0.138. The Balaban J connectivity index is 2.38. The second-order valence-corrected chi connectivity index (χ2v) is 11.4. The van der Waals surface area contributed by atoms with Crippen LogP contribution in [0, 0.1) is 11.8 Å². The van der Waals surface area contributed by atoms with Crippen LogP contribution in [0.25, 0.3) is 0 Å². The van der Waals surface area contributed by atoms with Crippen molar-refractivity contribution in [3.05, 3.63) is 48.0 Å². The maximum absolute atomic E-state index is 13.6. The van der Waals surface area contributed by atoms with Crippen molar-refractivity contribution in [3.8, 4) is 0 Å². The van der Waals surface area contributed by atoms with Crippen molar-refractivity contribution >= 4 is 35.5 Å². The first-order valence-corrected chi connectivity index (χ1v) is 14.8. The summed E-state index contributed by atoms with van der Waals surface area (Å²) in [6.45, 7) is 8.35. The number of benzene rings is 1. The van der Waals surface area contributed by atoms with Crippen molar-refractivity contribution < 1.29 is 38.6 Å². The normalized spacial score (nSPS) is 22.3. The standard InChI is InChI=1S/C31H45N5O8/c1-6-44-26(39)13-12-21(14-18(2)3)32-25(38)16-23-28(40)33-22(15-20-10-8-7-9-11-20)29(41)36-27(19(4)5)31(43)35-24(17-37)30(42)34-23/h7-13,18-19,21-24,27,37H,6,14-17H2,1-5H3,(H,32,38)(H,33,40)(H,34,42)(H,35,43)(H,36,41)/b13-12+/t21-,22+,23+,24+,27+/m1/s1. The average molecular weight is 616 g/mol. The highest BCUT2D eigenvalue weighted by atomic mass is 16.5. The predicted molar refractivity (Wildman–Crippen MR) is 162 cm³/mol. The maximum atomic E-state index is 13.6. The molecule has 0 bridgehead atoms. The molecule has 1 aromatic carbocycles. The monoisotopic (exact) mass is 615 g/mol. The Morgan fingerprint density at radius 2 is 1.48 bits per heavy atom. The van der Waals surface area contributed by atoms with Gasteiger partial charge in [-0.15, -0.1) is 0 Å². The van der Waals surface area contributed by atoms with Gasteiger partial charge in [0.05, 0.1) is 19.6 Å². The summed E-state index contributed by atoms with van der Waals surface area (Å²) in [5.74, 6) is -4.45. The molecule has 0 saturated carbocycles. The fraction of sp³-hybridized carbons (Fsp3) is 0.548. The Kier molecular flexibility index (Phi) is 14.5. The molecule has 0 radical (unpaired) electrons. The van der Waals surface area contributed by atoms with Gasteiger partial charge in [-0.25, -0.2) is 4.79 Å². The van der Waals surface area contributed by atoms with E-state index in [1.54, 1.807) is 51.1 Å². The highest BCUT2D eigenvalue weighted by Crippen LogP contribution is 2.10. The molecule has 1 aromatic rings. The van der Waals surface area contributed by atoms with Crippen molar-refractivity contribution in [3.63, 3.8) is 0 Å². The summed E-state index contributed by atoms with van der Waals surface area (Å²) in [5, 5.41) is 22.8.